The fraction of sp³-hybridized carbons (Fsp3) is 0.444. The molecule has 4 rings (SSSR count). The predicted molar refractivity (Wildman–Crippen MR) is 140 cm³/mol. The number of rotatable bonds is 6. The molecule has 2 aliphatic rings. The third-order valence-electron chi connectivity index (χ3n) is 7.07. The average molecular weight is 527 g/mol. The lowest BCUT2D eigenvalue weighted by atomic mass is 9.84. The molecule has 0 bridgehead atoms. The molecule has 4 amide bonds. The Hall–Kier alpha value is -3.24. The number of imide groups is 1. The van der Waals surface area contributed by atoms with Crippen molar-refractivity contribution in [2.24, 2.45) is 0 Å². The minimum Gasteiger partial charge on any atom is -0.338 e. The van der Waals surface area contributed by atoms with Gasteiger partial charge in [0, 0.05) is 26.2 Å². The van der Waals surface area contributed by atoms with Crippen LogP contribution in [0.1, 0.15) is 44.4 Å². The van der Waals surface area contributed by atoms with Gasteiger partial charge in [0.15, 0.2) is 0 Å². The van der Waals surface area contributed by atoms with Gasteiger partial charge in [-0.05, 0) is 29.0 Å². The van der Waals surface area contributed by atoms with Crippen molar-refractivity contribution in [3.05, 3.63) is 71.3 Å². The van der Waals surface area contributed by atoms with Crippen molar-refractivity contribution in [2.75, 3.05) is 32.7 Å². The van der Waals surface area contributed by atoms with Crippen LogP contribution in [0.25, 0.3) is 0 Å². The first-order valence-corrected chi connectivity index (χ1v) is 14.0. The van der Waals surface area contributed by atoms with E-state index in [0.717, 1.165) is 10.5 Å². The Morgan fingerprint density at radius 3 is 2.11 bits per heavy atom. The molecule has 2 aliphatic heterocycles. The van der Waals surface area contributed by atoms with Gasteiger partial charge in [-0.15, -0.1) is 0 Å². The van der Waals surface area contributed by atoms with Crippen LogP contribution in [0.15, 0.2) is 54.6 Å². The fourth-order valence-corrected chi connectivity index (χ4v) is 6.18. The van der Waals surface area contributed by atoms with Crippen LogP contribution in [0, 0.1) is 0 Å². The highest BCUT2D eigenvalue weighted by atomic mass is 32.2. The first kappa shape index (κ1) is 26.8. The summed E-state index contributed by atoms with van der Waals surface area (Å²) in [5, 5.41) is 2.74. The Balaban J connectivity index is 1.37. The van der Waals surface area contributed by atoms with Crippen LogP contribution in [0.4, 0.5) is 4.79 Å². The summed E-state index contributed by atoms with van der Waals surface area (Å²) in [5.74, 6) is -0.978. The van der Waals surface area contributed by atoms with Crippen molar-refractivity contribution in [3.63, 3.8) is 0 Å². The van der Waals surface area contributed by atoms with Crippen molar-refractivity contribution in [2.45, 2.75) is 44.4 Å². The number of carbonyl (C=O) groups excluding carboxylic acids is 3. The third kappa shape index (κ3) is 5.55. The van der Waals surface area contributed by atoms with Gasteiger partial charge in [-0.2, -0.15) is 4.31 Å². The Bertz CT molecular complexity index is 1280. The molecule has 37 heavy (non-hydrogen) atoms. The minimum atomic E-state index is -3.52. The number of hydrogen-bond donors (Lipinski definition) is 1. The number of nitrogens with zero attached hydrogens (tertiary/aromatic N) is 3. The first-order valence-electron chi connectivity index (χ1n) is 12.4. The summed E-state index contributed by atoms with van der Waals surface area (Å²) < 4.78 is 27.0. The predicted octanol–water partition coefficient (Wildman–Crippen LogP) is 2.43. The summed E-state index contributed by atoms with van der Waals surface area (Å²) >= 11 is 0. The summed E-state index contributed by atoms with van der Waals surface area (Å²) in [6.07, 6.45) is 0. The van der Waals surface area contributed by atoms with Gasteiger partial charge >= 0.3 is 6.03 Å². The molecule has 2 aromatic rings. The van der Waals surface area contributed by atoms with Crippen molar-refractivity contribution in [1.82, 2.24) is 19.4 Å². The minimum absolute atomic E-state index is 0.0499. The molecule has 0 radical (unpaired) electrons. The van der Waals surface area contributed by atoms with E-state index in [-0.39, 0.29) is 37.3 Å². The Morgan fingerprint density at radius 2 is 1.54 bits per heavy atom. The zero-order valence-electron chi connectivity index (χ0n) is 21.7. The van der Waals surface area contributed by atoms with Crippen LogP contribution >= 0.6 is 0 Å². The van der Waals surface area contributed by atoms with Gasteiger partial charge in [-0.1, -0.05) is 75.4 Å². The second-order valence-corrected chi connectivity index (χ2v) is 12.8. The lowest BCUT2D eigenvalue weighted by molar-refractivity contribution is -0.139. The highest BCUT2D eigenvalue weighted by Crippen LogP contribution is 2.31. The van der Waals surface area contributed by atoms with Crippen LogP contribution in [0.5, 0.6) is 0 Å². The molecule has 0 saturated carbocycles. The second-order valence-electron chi connectivity index (χ2n) is 10.8. The molecule has 1 atom stereocenters. The molecule has 0 aromatic heterocycles. The summed E-state index contributed by atoms with van der Waals surface area (Å²) in [4.78, 5) is 41.4. The number of piperazine rings is 1. The van der Waals surface area contributed by atoms with E-state index in [9.17, 15) is 22.8 Å². The van der Waals surface area contributed by atoms with Crippen LogP contribution in [-0.4, -0.2) is 73.1 Å². The van der Waals surface area contributed by atoms with Crippen LogP contribution < -0.4 is 5.32 Å². The number of nitrogens with one attached hydrogen (secondary N) is 1. The van der Waals surface area contributed by atoms with Gasteiger partial charge in [-0.25, -0.2) is 13.2 Å². The van der Waals surface area contributed by atoms with E-state index in [2.05, 4.69) is 26.1 Å². The van der Waals surface area contributed by atoms with E-state index in [1.165, 1.54) is 9.21 Å². The Morgan fingerprint density at radius 1 is 0.946 bits per heavy atom. The Kier molecular flexibility index (Phi) is 7.18. The molecule has 10 heteroatoms. The van der Waals surface area contributed by atoms with Crippen LogP contribution in [0.3, 0.4) is 0 Å². The van der Waals surface area contributed by atoms with Crippen molar-refractivity contribution >= 4 is 27.9 Å². The molecule has 9 nitrogen and oxygen atoms in total. The SMILES string of the molecule is CC(C)(C)c1ccc([C@]2(C)NC(=O)N(CC(=O)N3CCN(S(=O)(=O)Cc4ccccc4)CC3)C2=O)cc1. The lowest BCUT2D eigenvalue weighted by Gasteiger charge is -2.34. The normalized spacial score (nSPS) is 21.3. The maximum Gasteiger partial charge on any atom is 0.325 e. The smallest absolute Gasteiger partial charge is 0.325 e. The summed E-state index contributed by atoms with van der Waals surface area (Å²) in [6.45, 7) is 8.26. The lowest BCUT2D eigenvalue weighted by Crippen LogP contribution is -2.53. The van der Waals surface area contributed by atoms with Gasteiger partial charge in [-0.3, -0.25) is 14.5 Å². The summed E-state index contributed by atoms with van der Waals surface area (Å²) in [6, 6.07) is 15.9. The third-order valence-corrected chi connectivity index (χ3v) is 8.92. The molecule has 0 aliphatic carbocycles. The van der Waals surface area contributed by atoms with Crippen LogP contribution in [0.2, 0.25) is 0 Å². The Labute approximate surface area is 218 Å². The van der Waals surface area contributed by atoms with Crippen molar-refractivity contribution in [3.8, 4) is 0 Å². The zero-order valence-corrected chi connectivity index (χ0v) is 22.5. The fourth-order valence-electron chi connectivity index (χ4n) is 4.67. The second kappa shape index (κ2) is 9.90. The molecule has 198 valence electrons. The van der Waals surface area contributed by atoms with Gasteiger partial charge in [0.2, 0.25) is 15.9 Å². The molecule has 2 aromatic carbocycles. The molecule has 2 saturated heterocycles. The van der Waals surface area contributed by atoms with E-state index in [1.54, 1.807) is 31.2 Å². The van der Waals surface area contributed by atoms with Gasteiger partial charge in [0.1, 0.15) is 12.1 Å². The number of benzene rings is 2. The number of amides is 4. The summed E-state index contributed by atoms with van der Waals surface area (Å²) in [5.41, 5.74) is 1.14. The maximum absolute atomic E-state index is 13.3. The molecule has 2 heterocycles. The number of carbonyl (C=O) groups is 3. The maximum atomic E-state index is 13.3. The molecular weight excluding hydrogens is 492 g/mol. The quantitative estimate of drug-likeness (QED) is 0.582. The number of hydrogen-bond acceptors (Lipinski definition) is 5. The van der Waals surface area contributed by atoms with Gasteiger partial charge < -0.3 is 10.2 Å². The topological polar surface area (TPSA) is 107 Å². The van der Waals surface area contributed by atoms with Crippen LogP contribution in [-0.2, 0) is 36.3 Å². The average Bonchev–Trinajstić information content (AvgIpc) is 3.07. The molecule has 2 fully saturated rings. The molecule has 1 N–H and O–H groups in total. The first-order chi connectivity index (χ1) is 17.3. The van der Waals surface area contributed by atoms with E-state index < -0.39 is 40.0 Å². The van der Waals surface area contributed by atoms with E-state index in [1.807, 2.05) is 30.3 Å². The van der Waals surface area contributed by atoms with E-state index in [0.29, 0.717) is 11.1 Å². The highest BCUT2D eigenvalue weighted by Gasteiger charge is 2.50. The van der Waals surface area contributed by atoms with E-state index >= 15 is 0 Å². The van der Waals surface area contributed by atoms with Gasteiger partial charge in [0.25, 0.3) is 5.91 Å². The number of sulfonamides is 1. The van der Waals surface area contributed by atoms with Crippen molar-refractivity contribution < 1.29 is 22.8 Å². The zero-order chi connectivity index (χ0) is 27.0. The van der Waals surface area contributed by atoms with E-state index in [4.69, 9.17) is 0 Å². The highest BCUT2D eigenvalue weighted by molar-refractivity contribution is 7.88. The molecular formula is C27H34N4O5S. The van der Waals surface area contributed by atoms with Crippen molar-refractivity contribution in [1.29, 1.82) is 0 Å². The standard InChI is InChI=1S/C27H34N4O5S/c1-26(2,3)21-10-12-22(13-11-21)27(4)24(33)31(25(34)28-27)18-23(32)29-14-16-30(17-15-29)37(35,36)19-20-8-6-5-7-9-20/h5-13H,14-19H2,1-4H3,(H,28,34)/t27-/m0/s1. The summed E-state index contributed by atoms with van der Waals surface area (Å²) in [7, 11) is -3.52. The number of urea groups is 1. The van der Waals surface area contributed by atoms with Gasteiger partial charge in [0.05, 0.1) is 5.75 Å². The molecule has 0 spiro atoms. The monoisotopic (exact) mass is 526 g/mol. The largest absolute Gasteiger partial charge is 0.338 e. The molecule has 0 unspecified atom stereocenters.